The van der Waals surface area contributed by atoms with Gasteiger partial charge < -0.3 is 15.3 Å². The summed E-state index contributed by atoms with van der Waals surface area (Å²) >= 11 is 0. The van der Waals surface area contributed by atoms with E-state index in [0.717, 1.165) is 42.4 Å². The highest BCUT2D eigenvalue weighted by Crippen LogP contribution is 2.68. The van der Waals surface area contributed by atoms with Gasteiger partial charge in [0, 0.05) is 12.8 Å². The highest BCUT2D eigenvalue weighted by atomic mass is 16.5. The Kier molecular flexibility index (Phi) is 5.83. The van der Waals surface area contributed by atoms with Gasteiger partial charge in [-0.25, -0.2) is 0 Å². The Morgan fingerprint density at radius 1 is 0.806 bits per heavy atom. The minimum Gasteiger partial charge on any atom is -0.393 e. The molecule has 3 nitrogen and oxygen atoms in total. The van der Waals surface area contributed by atoms with Crippen LogP contribution in [0.25, 0.3) is 0 Å². The van der Waals surface area contributed by atoms with E-state index in [1.54, 1.807) is 0 Å². The third-order valence-electron chi connectivity index (χ3n) is 12.1. The van der Waals surface area contributed by atoms with E-state index < -0.39 is 5.79 Å². The molecule has 5 saturated carbocycles. The average Bonchev–Trinajstić information content (AvgIpc) is 3.02. The van der Waals surface area contributed by atoms with Gasteiger partial charge >= 0.3 is 0 Å². The molecule has 0 aliphatic heterocycles. The van der Waals surface area contributed by atoms with Gasteiger partial charge in [0.25, 0.3) is 0 Å². The summed E-state index contributed by atoms with van der Waals surface area (Å²) < 4.78 is 0. The van der Waals surface area contributed by atoms with Crippen LogP contribution in [0.1, 0.15) is 111 Å². The topological polar surface area (TPSA) is 60.7 Å². The summed E-state index contributed by atoms with van der Waals surface area (Å²) in [4.78, 5) is 0. The summed E-state index contributed by atoms with van der Waals surface area (Å²) in [6, 6.07) is 0. The Morgan fingerprint density at radius 2 is 1.55 bits per heavy atom. The van der Waals surface area contributed by atoms with Gasteiger partial charge in [-0.2, -0.15) is 0 Å². The number of hydrogen-bond acceptors (Lipinski definition) is 3. The van der Waals surface area contributed by atoms with Crippen molar-refractivity contribution >= 4 is 0 Å². The third kappa shape index (κ3) is 3.73. The zero-order chi connectivity index (χ0) is 22.0. The molecule has 0 saturated heterocycles. The molecule has 5 fully saturated rings. The van der Waals surface area contributed by atoms with Crippen molar-refractivity contribution in [2.75, 3.05) is 0 Å². The van der Waals surface area contributed by atoms with Crippen molar-refractivity contribution in [1.82, 2.24) is 0 Å². The van der Waals surface area contributed by atoms with Gasteiger partial charge in [0.2, 0.25) is 0 Å². The summed E-state index contributed by atoms with van der Waals surface area (Å²) in [6.07, 6.45) is 16.1. The van der Waals surface area contributed by atoms with E-state index >= 15 is 0 Å². The number of rotatable bonds is 5. The Hall–Kier alpha value is -0.120. The lowest BCUT2D eigenvalue weighted by Crippen LogP contribution is -2.56. The van der Waals surface area contributed by atoms with Crippen molar-refractivity contribution in [3.05, 3.63) is 0 Å². The first-order chi connectivity index (χ1) is 14.6. The molecule has 3 heteroatoms. The summed E-state index contributed by atoms with van der Waals surface area (Å²) in [5, 5.41) is 31.1. The molecule has 0 heterocycles. The van der Waals surface area contributed by atoms with Crippen molar-refractivity contribution in [3.63, 3.8) is 0 Å². The lowest BCUT2D eigenvalue weighted by molar-refractivity contribution is -0.233. The third-order valence-corrected chi connectivity index (χ3v) is 12.1. The van der Waals surface area contributed by atoms with Crippen LogP contribution in [0.5, 0.6) is 0 Å². The zero-order valence-corrected chi connectivity index (χ0v) is 20.4. The van der Waals surface area contributed by atoms with Gasteiger partial charge in [0.15, 0.2) is 5.79 Å². The quantitative estimate of drug-likeness (QED) is 0.474. The Balaban J connectivity index is 1.26. The highest BCUT2D eigenvalue weighted by Gasteiger charge is 2.61. The second kappa shape index (κ2) is 7.98. The lowest BCUT2D eigenvalue weighted by Gasteiger charge is -2.61. The van der Waals surface area contributed by atoms with Crippen molar-refractivity contribution in [2.24, 2.45) is 52.3 Å². The van der Waals surface area contributed by atoms with E-state index in [0.29, 0.717) is 35.5 Å². The molecule has 0 unspecified atom stereocenters. The summed E-state index contributed by atoms with van der Waals surface area (Å²) in [5.74, 6) is 3.72. The molecule has 0 radical (unpaired) electrons. The SMILES string of the molecule is C[C@H](CC[C@H](O)C1CCC1)[C@H]1CC[C@H]2[C@@H]3CC[C@H]4CC(O)(O)CC[C@]4(C)[C@H]3CC[C@]12C. The van der Waals surface area contributed by atoms with Gasteiger partial charge in [0.05, 0.1) is 6.10 Å². The molecule has 9 atom stereocenters. The van der Waals surface area contributed by atoms with Crippen LogP contribution in [-0.2, 0) is 0 Å². The first-order valence-electron chi connectivity index (χ1n) is 13.8. The van der Waals surface area contributed by atoms with Crippen LogP contribution in [-0.4, -0.2) is 27.2 Å². The maximum atomic E-state index is 10.6. The molecule has 5 rings (SSSR count). The van der Waals surface area contributed by atoms with Gasteiger partial charge in [-0.1, -0.05) is 27.2 Å². The standard InChI is InChI=1S/C28H48O3/c1-18(7-12-25(29)19-5-4-6-19)22-10-11-23-21-9-8-20-17-28(30,31)16-15-26(20,2)24(21)13-14-27(22,23)3/h18-25,29-31H,4-17H2,1-3H3/t18-,20+,21+,22-,23+,24+,25+,26+,27-/m1/s1. The van der Waals surface area contributed by atoms with E-state index in [2.05, 4.69) is 20.8 Å². The fraction of sp³-hybridized carbons (Fsp3) is 1.00. The number of hydrogen-bond donors (Lipinski definition) is 3. The van der Waals surface area contributed by atoms with E-state index in [9.17, 15) is 15.3 Å². The van der Waals surface area contributed by atoms with E-state index in [4.69, 9.17) is 0 Å². The fourth-order valence-corrected chi connectivity index (χ4v) is 9.90. The van der Waals surface area contributed by atoms with Gasteiger partial charge in [-0.15, -0.1) is 0 Å². The van der Waals surface area contributed by atoms with Crippen molar-refractivity contribution in [3.8, 4) is 0 Å². The molecule has 31 heavy (non-hydrogen) atoms. The van der Waals surface area contributed by atoms with Crippen LogP contribution in [0.4, 0.5) is 0 Å². The van der Waals surface area contributed by atoms with Gasteiger partial charge in [-0.05, 0) is 123 Å². The molecule has 0 amide bonds. The molecule has 0 bridgehead atoms. The average molecular weight is 433 g/mol. The Morgan fingerprint density at radius 3 is 2.26 bits per heavy atom. The fourth-order valence-electron chi connectivity index (χ4n) is 9.90. The molecular weight excluding hydrogens is 384 g/mol. The molecule has 178 valence electrons. The summed E-state index contributed by atoms with van der Waals surface area (Å²) in [6.45, 7) is 7.62. The smallest absolute Gasteiger partial charge is 0.162 e. The molecule has 0 aromatic heterocycles. The van der Waals surface area contributed by atoms with E-state index in [1.165, 1.54) is 64.2 Å². The minimum absolute atomic E-state index is 0.0522. The van der Waals surface area contributed by atoms with E-state index in [1.807, 2.05) is 0 Å². The van der Waals surface area contributed by atoms with Crippen LogP contribution in [0, 0.1) is 52.3 Å². The summed E-state index contributed by atoms with van der Waals surface area (Å²) in [7, 11) is 0. The lowest BCUT2D eigenvalue weighted by atomic mass is 9.44. The molecule has 0 aromatic carbocycles. The second-order valence-corrected chi connectivity index (χ2v) is 13.4. The van der Waals surface area contributed by atoms with Crippen LogP contribution >= 0.6 is 0 Å². The predicted molar refractivity (Wildman–Crippen MR) is 124 cm³/mol. The highest BCUT2D eigenvalue weighted by molar-refractivity contribution is 5.10. The molecular formula is C28H48O3. The molecule has 5 aliphatic carbocycles. The summed E-state index contributed by atoms with van der Waals surface area (Å²) in [5.41, 5.74) is 0.799. The van der Waals surface area contributed by atoms with Crippen molar-refractivity contribution in [2.45, 2.75) is 123 Å². The second-order valence-electron chi connectivity index (χ2n) is 13.4. The van der Waals surface area contributed by atoms with Crippen LogP contribution in [0.2, 0.25) is 0 Å². The number of aliphatic hydroxyl groups is 3. The Labute approximate surface area is 190 Å². The van der Waals surface area contributed by atoms with Crippen LogP contribution in [0.15, 0.2) is 0 Å². The van der Waals surface area contributed by atoms with E-state index in [-0.39, 0.29) is 6.10 Å². The van der Waals surface area contributed by atoms with Crippen molar-refractivity contribution in [1.29, 1.82) is 0 Å². The maximum Gasteiger partial charge on any atom is 0.162 e. The zero-order valence-electron chi connectivity index (χ0n) is 20.4. The largest absolute Gasteiger partial charge is 0.393 e. The van der Waals surface area contributed by atoms with Gasteiger partial charge in [-0.3, -0.25) is 0 Å². The minimum atomic E-state index is -1.42. The van der Waals surface area contributed by atoms with Crippen molar-refractivity contribution < 1.29 is 15.3 Å². The molecule has 0 spiro atoms. The van der Waals surface area contributed by atoms with Crippen LogP contribution in [0.3, 0.4) is 0 Å². The molecule has 5 aliphatic rings. The Bertz CT molecular complexity index is 657. The van der Waals surface area contributed by atoms with Gasteiger partial charge in [0.1, 0.15) is 0 Å². The predicted octanol–water partition coefficient (Wildman–Crippen LogP) is 5.90. The number of fused-ring (bicyclic) bond motifs is 5. The first-order valence-corrected chi connectivity index (χ1v) is 13.8. The maximum absolute atomic E-state index is 10.6. The number of aliphatic hydroxyl groups excluding tert-OH is 1. The first kappa shape index (κ1) is 22.7. The van der Waals surface area contributed by atoms with Crippen LogP contribution < -0.4 is 0 Å². The normalized spacial score (nSPS) is 48.8. The monoisotopic (exact) mass is 432 g/mol. The molecule has 3 N–H and O–H groups in total. The molecule has 0 aromatic rings.